The normalized spacial score (nSPS) is 9.71. The van der Waals surface area contributed by atoms with E-state index in [4.69, 9.17) is 0 Å². The number of aryl methyl sites for hydroxylation is 1. The Bertz CT molecular complexity index is 366. The van der Waals surface area contributed by atoms with E-state index >= 15 is 0 Å². The Hall–Kier alpha value is -1.10. The smallest absolute Gasteiger partial charge is 0.340 e. The van der Waals surface area contributed by atoms with Gasteiger partial charge in [0, 0.05) is 17.6 Å². The first kappa shape index (κ1) is 11.0. The third-order valence-corrected chi connectivity index (χ3v) is 2.35. The molecule has 1 rings (SSSR count). The minimum Gasteiger partial charge on any atom is -0.382 e. The van der Waals surface area contributed by atoms with Gasteiger partial charge in [0.25, 0.3) is 4.92 Å². The van der Waals surface area contributed by atoms with E-state index in [1.165, 1.54) is 7.11 Å². The van der Waals surface area contributed by atoms with Gasteiger partial charge < -0.3 is 5.32 Å². The van der Waals surface area contributed by atoms with Crippen molar-refractivity contribution in [2.45, 2.75) is 6.92 Å². The average molecular weight is 260 g/mol. The topological polar surface area (TPSA) is 41.3 Å². The molecule has 0 aromatic heterocycles. The Morgan fingerprint density at radius 2 is 2.14 bits per heavy atom. The van der Waals surface area contributed by atoms with Crippen LogP contribution in [0.1, 0.15) is 5.56 Å². The van der Waals surface area contributed by atoms with Crippen molar-refractivity contribution in [3.63, 3.8) is 0 Å². The molecule has 0 aliphatic carbocycles. The van der Waals surface area contributed by atoms with Crippen LogP contribution in [-0.4, -0.2) is 19.1 Å². The van der Waals surface area contributed by atoms with Crippen molar-refractivity contribution in [3.8, 4) is 0 Å². The molecule has 0 saturated carbocycles. The number of rotatable bonds is 3. The summed E-state index contributed by atoms with van der Waals surface area (Å²) >= 11 is 3.32. The molecule has 0 saturated heterocycles. The molecule has 0 spiro atoms. The number of halogens is 1. The minimum atomic E-state index is 0.460. The van der Waals surface area contributed by atoms with Crippen molar-refractivity contribution in [3.05, 3.63) is 27.1 Å². The van der Waals surface area contributed by atoms with Crippen LogP contribution in [0.25, 0.3) is 0 Å². The summed E-state index contributed by atoms with van der Waals surface area (Å²) in [5.41, 5.74) is 2.21. The Balaban J connectivity index is 3.32. The maximum atomic E-state index is 11.3. The maximum absolute atomic E-state index is 11.3. The van der Waals surface area contributed by atoms with Gasteiger partial charge in [0.1, 0.15) is 5.69 Å². The highest BCUT2D eigenvalue weighted by Crippen LogP contribution is 2.31. The van der Waals surface area contributed by atoms with E-state index in [0.717, 1.165) is 15.7 Å². The van der Waals surface area contributed by atoms with Crippen LogP contribution < -0.4 is 5.32 Å². The quantitative estimate of drug-likeness (QED) is 0.849. The number of nitrogens with zero attached hydrogens (tertiary/aromatic N) is 1. The SMILES string of the molecule is CNc1c(C)cc(Br)cc1[N+](=O)OC. The van der Waals surface area contributed by atoms with Crippen LogP contribution in [0.5, 0.6) is 0 Å². The van der Waals surface area contributed by atoms with E-state index in [2.05, 4.69) is 26.1 Å². The minimum absolute atomic E-state index is 0.460. The largest absolute Gasteiger partial charge is 0.382 e. The third-order valence-electron chi connectivity index (χ3n) is 1.89. The van der Waals surface area contributed by atoms with Gasteiger partial charge in [0.05, 0.1) is 4.91 Å². The van der Waals surface area contributed by atoms with E-state index in [1.54, 1.807) is 13.1 Å². The van der Waals surface area contributed by atoms with Crippen LogP contribution in [0, 0.1) is 11.8 Å². The summed E-state index contributed by atoms with van der Waals surface area (Å²) in [5.74, 6) is 0. The van der Waals surface area contributed by atoms with Gasteiger partial charge in [-0.3, -0.25) is 0 Å². The molecule has 0 unspecified atom stereocenters. The number of hydrogen-bond donors (Lipinski definition) is 1. The fraction of sp³-hybridized carbons (Fsp3) is 0.333. The molecule has 0 atom stereocenters. The molecule has 0 aliphatic heterocycles. The number of benzene rings is 1. The maximum Gasteiger partial charge on any atom is 0.340 e. The lowest BCUT2D eigenvalue weighted by Crippen LogP contribution is -2.03. The van der Waals surface area contributed by atoms with Crippen molar-refractivity contribution in [2.24, 2.45) is 0 Å². The van der Waals surface area contributed by atoms with Gasteiger partial charge in [-0.15, -0.1) is 0 Å². The summed E-state index contributed by atoms with van der Waals surface area (Å²) < 4.78 is 0.849. The molecular formula is C9H12BrN2O2+. The molecule has 1 aromatic carbocycles. The van der Waals surface area contributed by atoms with Crippen LogP contribution in [0.4, 0.5) is 11.4 Å². The number of anilines is 1. The summed E-state index contributed by atoms with van der Waals surface area (Å²) in [6.45, 7) is 1.92. The third kappa shape index (κ3) is 2.04. The number of nitrogens with one attached hydrogen (secondary N) is 1. The van der Waals surface area contributed by atoms with Gasteiger partial charge in [-0.25, -0.2) is 4.84 Å². The fourth-order valence-corrected chi connectivity index (χ4v) is 1.85. The molecule has 0 heterocycles. The monoisotopic (exact) mass is 259 g/mol. The molecule has 0 fully saturated rings. The van der Waals surface area contributed by atoms with E-state index in [9.17, 15) is 4.91 Å². The number of hydrogen-bond acceptors (Lipinski definition) is 3. The summed E-state index contributed by atoms with van der Waals surface area (Å²) in [6.07, 6.45) is 0. The van der Waals surface area contributed by atoms with E-state index in [-0.39, 0.29) is 0 Å². The Morgan fingerprint density at radius 3 is 2.64 bits per heavy atom. The van der Waals surface area contributed by atoms with Gasteiger partial charge in [0.2, 0.25) is 0 Å². The van der Waals surface area contributed by atoms with Gasteiger partial charge in [0.15, 0.2) is 7.11 Å². The molecular weight excluding hydrogens is 248 g/mol. The molecule has 0 bridgehead atoms. The zero-order chi connectivity index (χ0) is 10.7. The van der Waals surface area contributed by atoms with Gasteiger partial charge in [-0.05, 0) is 18.6 Å². The molecule has 0 radical (unpaired) electrons. The highest BCUT2D eigenvalue weighted by atomic mass is 79.9. The van der Waals surface area contributed by atoms with Crippen LogP contribution in [0.3, 0.4) is 0 Å². The molecule has 1 N–H and O–H groups in total. The lowest BCUT2D eigenvalue weighted by Gasteiger charge is -2.04. The fourth-order valence-electron chi connectivity index (χ4n) is 1.29. The molecule has 5 heteroatoms. The second-order valence-electron chi connectivity index (χ2n) is 2.81. The Labute approximate surface area is 90.9 Å². The van der Waals surface area contributed by atoms with E-state index in [1.807, 2.05) is 13.0 Å². The standard InChI is InChI=1S/C9H12BrN2O2/c1-6-4-7(10)5-8(9(6)11-2)12(13)14-3/h4-5,11H,1-3H3/q+1. The van der Waals surface area contributed by atoms with Gasteiger partial charge in [-0.2, -0.15) is 0 Å². The first-order valence-corrected chi connectivity index (χ1v) is 4.88. The zero-order valence-corrected chi connectivity index (χ0v) is 9.88. The molecule has 14 heavy (non-hydrogen) atoms. The molecule has 0 aliphatic rings. The lowest BCUT2D eigenvalue weighted by molar-refractivity contribution is -0.736. The van der Waals surface area contributed by atoms with E-state index in [0.29, 0.717) is 10.6 Å². The highest BCUT2D eigenvalue weighted by molar-refractivity contribution is 9.10. The van der Waals surface area contributed by atoms with Crippen LogP contribution in [-0.2, 0) is 4.84 Å². The van der Waals surface area contributed by atoms with Crippen molar-refractivity contribution in [1.82, 2.24) is 0 Å². The Kier molecular flexibility index (Phi) is 3.46. The van der Waals surface area contributed by atoms with Crippen molar-refractivity contribution < 1.29 is 9.76 Å². The van der Waals surface area contributed by atoms with Crippen LogP contribution in [0.2, 0.25) is 0 Å². The summed E-state index contributed by atoms with van der Waals surface area (Å²) in [4.78, 5) is 16.4. The first-order chi connectivity index (χ1) is 6.60. The summed E-state index contributed by atoms with van der Waals surface area (Å²) in [7, 11) is 3.10. The predicted octanol–water partition coefficient (Wildman–Crippen LogP) is 2.77. The molecule has 0 amide bonds. The second-order valence-corrected chi connectivity index (χ2v) is 3.72. The molecule has 4 nitrogen and oxygen atoms in total. The van der Waals surface area contributed by atoms with Gasteiger partial charge in [-0.1, -0.05) is 15.9 Å². The second kappa shape index (κ2) is 4.41. The van der Waals surface area contributed by atoms with Crippen LogP contribution in [0.15, 0.2) is 16.6 Å². The predicted molar refractivity (Wildman–Crippen MR) is 58.7 cm³/mol. The van der Waals surface area contributed by atoms with Crippen molar-refractivity contribution in [2.75, 3.05) is 19.5 Å². The van der Waals surface area contributed by atoms with Gasteiger partial charge >= 0.3 is 5.69 Å². The summed E-state index contributed by atoms with van der Waals surface area (Å²) in [6, 6.07) is 3.63. The Morgan fingerprint density at radius 1 is 1.50 bits per heavy atom. The highest BCUT2D eigenvalue weighted by Gasteiger charge is 2.22. The van der Waals surface area contributed by atoms with E-state index < -0.39 is 0 Å². The molecule has 76 valence electrons. The van der Waals surface area contributed by atoms with Crippen LogP contribution >= 0.6 is 15.9 Å². The molecule has 1 aromatic rings. The first-order valence-electron chi connectivity index (χ1n) is 4.09. The van der Waals surface area contributed by atoms with Crippen molar-refractivity contribution in [1.29, 1.82) is 0 Å². The average Bonchev–Trinajstić information content (AvgIpc) is 2.15. The van der Waals surface area contributed by atoms with Crippen molar-refractivity contribution >= 4 is 27.3 Å². The lowest BCUT2D eigenvalue weighted by atomic mass is 10.2. The summed E-state index contributed by atoms with van der Waals surface area (Å²) in [5, 5.41) is 2.96. The zero-order valence-electron chi connectivity index (χ0n) is 8.30.